The zero-order valence-corrected chi connectivity index (χ0v) is 14.6. The standard InChI is InChI=1S/C16H22BrNO4/c1-3-22-14-8-11(7-13(17)15(14)21-2)9-18-6-4-5-12(10-18)16(19)20/h7-8,12H,3-6,9-10H2,1-2H3,(H,19,20). The fourth-order valence-corrected chi connectivity index (χ4v) is 3.48. The molecule has 1 fully saturated rings. The van der Waals surface area contributed by atoms with Crippen molar-refractivity contribution in [2.24, 2.45) is 5.92 Å². The number of carbonyl (C=O) groups is 1. The second kappa shape index (κ2) is 7.83. The Bertz CT molecular complexity index is 535. The summed E-state index contributed by atoms with van der Waals surface area (Å²) in [5, 5.41) is 9.18. The number of benzene rings is 1. The van der Waals surface area contributed by atoms with Gasteiger partial charge >= 0.3 is 5.97 Å². The Kier molecular flexibility index (Phi) is 6.08. The molecule has 0 bridgehead atoms. The number of carboxylic acids is 1. The number of ether oxygens (including phenoxy) is 2. The average molecular weight is 372 g/mol. The van der Waals surface area contributed by atoms with Crippen molar-refractivity contribution in [3.05, 3.63) is 22.2 Å². The summed E-state index contributed by atoms with van der Waals surface area (Å²) in [5.41, 5.74) is 1.09. The molecule has 1 N–H and O–H groups in total. The molecule has 1 unspecified atom stereocenters. The van der Waals surface area contributed by atoms with Gasteiger partial charge in [0.15, 0.2) is 11.5 Å². The lowest BCUT2D eigenvalue weighted by Crippen LogP contribution is -2.38. The monoisotopic (exact) mass is 371 g/mol. The summed E-state index contributed by atoms with van der Waals surface area (Å²) in [6.45, 7) is 4.74. The van der Waals surface area contributed by atoms with Gasteiger partial charge in [-0.2, -0.15) is 0 Å². The molecule has 6 heteroatoms. The number of piperidine rings is 1. The van der Waals surface area contributed by atoms with Gasteiger partial charge in [-0.15, -0.1) is 0 Å². The number of halogens is 1. The third kappa shape index (κ3) is 4.14. The Morgan fingerprint density at radius 1 is 1.50 bits per heavy atom. The maximum Gasteiger partial charge on any atom is 0.307 e. The molecular weight excluding hydrogens is 350 g/mol. The van der Waals surface area contributed by atoms with E-state index in [1.54, 1.807) is 7.11 Å². The smallest absolute Gasteiger partial charge is 0.307 e. The second-order valence-corrected chi connectivity index (χ2v) is 6.31. The molecule has 122 valence electrons. The molecule has 1 saturated heterocycles. The number of nitrogens with zero attached hydrogens (tertiary/aromatic N) is 1. The Morgan fingerprint density at radius 3 is 2.91 bits per heavy atom. The molecule has 1 aliphatic heterocycles. The van der Waals surface area contributed by atoms with Gasteiger partial charge < -0.3 is 14.6 Å². The molecule has 2 rings (SSSR count). The van der Waals surface area contributed by atoms with Crippen molar-refractivity contribution in [1.82, 2.24) is 4.90 Å². The van der Waals surface area contributed by atoms with Crippen LogP contribution in [-0.2, 0) is 11.3 Å². The van der Waals surface area contributed by atoms with Gasteiger partial charge in [-0.05, 0) is 59.9 Å². The molecule has 0 saturated carbocycles. The van der Waals surface area contributed by atoms with Crippen LogP contribution in [0.1, 0.15) is 25.3 Å². The Morgan fingerprint density at radius 2 is 2.27 bits per heavy atom. The molecule has 0 spiro atoms. The van der Waals surface area contributed by atoms with E-state index in [-0.39, 0.29) is 5.92 Å². The van der Waals surface area contributed by atoms with E-state index in [0.29, 0.717) is 31.2 Å². The molecule has 1 aromatic rings. The predicted octanol–water partition coefficient (Wildman–Crippen LogP) is 3.15. The molecular formula is C16H22BrNO4. The Balaban J connectivity index is 2.13. The highest BCUT2D eigenvalue weighted by Crippen LogP contribution is 2.37. The third-order valence-electron chi connectivity index (χ3n) is 3.83. The molecule has 0 amide bonds. The lowest BCUT2D eigenvalue weighted by molar-refractivity contribution is -0.143. The maximum absolute atomic E-state index is 11.2. The molecule has 0 aliphatic carbocycles. The van der Waals surface area contributed by atoms with Gasteiger partial charge in [0.2, 0.25) is 0 Å². The summed E-state index contributed by atoms with van der Waals surface area (Å²) in [7, 11) is 1.62. The lowest BCUT2D eigenvalue weighted by Gasteiger charge is -2.30. The van der Waals surface area contributed by atoms with Gasteiger partial charge in [0.1, 0.15) is 0 Å². The fraction of sp³-hybridized carbons (Fsp3) is 0.562. The highest BCUT2D eigenvalue weighted by atomic mass is 79.9. The molecule has 0 radical (unpaired) electrons. The van der Waals surface area contributed by atoms with E-state index >= 15 is 0 Å². The predicted molar refractivity (Wildman–Crippen MR) is 87.5 cm³/mol. The summed E-state index contributed by atoms with van der Waals surface area (Å²) >= 11 is 3.51. The van der Waals surface area contributed by atoms with Crippen molar-refractivity contribution in [1.29, 1.82) is 0 Å². The van der Waals surface area contributed by atoms with Crippen LogP contribution in [0.3, 0.4) is 0 Å². The van der Waals surface area contributed by atoms with Crippen LogP contribution in [0.25, 0.3) is 0 Å². The van der Waals surface area contributed by atoms with Crippen LogP contribution in [-0.4, -0.2) is 42.8 Å². The van der Waals surface area contributed by atoms with E-state index in [0.717, 1.165) is 29.4 Å². The van der Waals surface area contributed by atoms with Gasteiger partial charge in [0.25, 0.3) is 0 Å². The molecule has 0 aromatic heterocycles. The maximum atomic E-state index is 11.2. The van der Waals surface area contributed by atoms with Crippen LogP contribution in [0, 0.1) is 5.92 Å². The largest absolute Gasteiger partial charge is 0.492 e. The second-order valence-electron chi connectivity index (χ2n) is 5.45. The van der Waals surface area contributed by atoms with Crippen LogP contribution in [0.4, 0.5) is 0 Å². The summed E-state index contributed by atoms with van der Waals surface area (Å²) in [5.74, 6) is 0.436. The Labute approximate surface area is 139 Å². The van der Waals surface area contributed by atoms with Crippen LogP contribution in [0.5, 0.6) is 11.5 Å². The first-order valence-corrected chi connectivity index (χ1v) is 8.28. The number of likely N-dealkylation sites (tertiary alicyclic amines) is 1. The minimum absolute atomic E-state index is 0.262. The number of rotatable bonds is 6. The molecule has 1 heterocycles. The van der Waals surface area contributed by atoms with Crippen molar-refractivity contribution < 1.29 is 19.4 Å². The minimum atomic E-state index is -0.699. The summed E-state index contributed by atoms with van der Waals surface area (Å²) in [4.78, 5) is 13.3. The van der Waals surface area contributed by atoms with Gasteiger partial charge in [0, 0.05) is 13.1 Å². The van der Waals surface area contributed by atoms with Gasteiger partial charge in [-0.1, -0.05) is 0 Å². The first kappa shape index (κ1) is 17.1. The Hall–Kier alpha value is -1.27. The fourth-order valence-electron chi connectivity index (χ4n) is 2.83. The van der Waals surface area contributed by atoms with Crippen molar-refractivity contribution in [2.75, 3.05) is 26.8 Å². The van der Waals surface area contributed by atoms with Crippen molar-refractivity contribution in [2.45, 2.75) is 26.3 Å². The summed E-state index contributed by atoms with van der Waals surface area (Å²) in [6, 6.07) is 3.98. The third-order valence-corrected chi connectivity index (χ3v) is 4.42. The zero-order chi connectivity index (χ0) is 16.1. The van der Waals surface area contributed by atoms with E-state index in [1.807, 2.05) is 19.1 Å². The van der Waals surface area contributed by atoms with Crippen molar-refractivity contribution in [3.8, 4) is 11.5 Å². The van der Waals surface area contributed by atoms with Crippen LogP contribution in [0.15, 0.2) is 16.6 Å². The first-order valence-electron chi connectivity index (χ1n) is 7.49. The van der Waals surface area contributed by atoms with Gasteiger partial charge in [-0.25, -0.2) is 0 Å². The van der Waals surface area contributed by atoms with Crippen LogP contribution >= 0.6 is 15.9 Å². The molecule has 1 aliphatic rings. The normalized spacial score (nSPS) is 19.0. The number of hydrogen-bond acceptors (Lipinski definition) is 4. The van der Waals surface area contributed by atoms with Crippen molar-refractivity contribution >= 4 is 21.9 Å². The zero-order valence-electron chi connectivity index (χ0n) is 13.0. The quantitative estimate of drug-likeness (QED) is 0.832. The molecule has 1 aromatic carbocycles. The molecule has 22 heavy (non-hydrogen) atoms. The van der Waals surface area contributed by atoms with Crippen LogP contribution < -0.4 is 9.47 Å². The average Bonchev–Trinajstić information content (AvgIpc) is 2.47. The van der Waals surface area contributed by atoms with Crippen molar-refractivity contribution in [3.63, 3.8) is 0 Å². The molecule has 1 atom stereocenters. The minimum Gasteiger partial charge on any atom is -0.492 e. The van der Waals surface area contributed by atoms with E-state index in [2.05, 4.69) is 20.8 Å². The highest BCUT2D eigenvalue weighted by Gasteiger charge is 2.25. The van der Waals surface area contributed by atoms with E-state index in [1.165, 1.54) is 0 Å². The van der Waals surface area contributed by atoms with Gasteiger partial charge in [-0.3, -0.25) is 9.69 Å². The van der Waals surface area contributed by atoms with E-state index < -0.39 is 5.97 Å². The van der Waals surface area contributed by atoms with Gasteiger partial charge in [0.05, 0.1) is 24.1 Å². The lowest BCUT2D eigenvalue weighted by atomic mass is 9.98. The number of aliphatic carboxylic acids is 1. The number of methoxy groups -OCH3 is 1. The molecule has 5 nitrogen and oxygen atoms in total. The van der Waals surface area contributed by atoms with E-state index in [4.69, 9.17) is 9.47 Å². The first-order chi connectivity index (χ1) is 10.5. The van der Waals surface area contributed by atoms with E-state index in [9.17, 15) is 9.90 Å². The number of hydrogen-bond donors (Lipinski definition) is 1. The highest BCUT2D eigenvalue weighted by molar-refractivity contribution is 9.10. The van der Waals surface area contributed by atoms with Crippen LogP contribution in [0.2, 0.25) is 0 Å². The summed E-state index contributed by atoms with van der Waals surface area (Å²) in [6.07, 6.45) is 1.69. The number of carboxylic acid groups (broad SMARTS) is 1. The SMILES string of the molecule is CCOc1cc(CN2CCCC(C(=O)O)C2)cc(Br)c1OC. The topological polar surface area (TPSA) is 59.0 Å². The summed E-state index contributed by atoms with van der Waals surface area (Å²) < 4.78 is 11.8.